The van der Waals surface area contributed by atoms with Gasteiger partial charge < -0.3 is 5.32 Å². The summed E-state index contributed by atoms with van der Waals surface area (Å²) in [6.07, 6.45) is 2.04. The van der Waals surface area contributed by atoms with Crippen LogP contribution in [0, 0.1) is 0 Å². The average Bonchev–Trinajstić information content (AvgIpc) is 2.30. The van der Waals surface area contributed by atoms with Crippen molar-refractivity contribution in [3.63, 3.8) is 0 Å². The lowest BCUT2D eigenvalue weighted by atomic mass is 10.2. The number of nitrogens with zero attached hydrogens (tertiary/aromatic N) is 1. The summed E-state index contributed by atoms with van der Waals surface area (Å²) in [6, 6.07) is 7.32. The number of rotatable bonds is 4. The van der Waals surface area contributed by atoms with Crippen LogP contribution in [0.3, 0.4) is 0 Å². The van der Waals surface area contributed by atoms with Crippen LogP contribution >= 0.6 is 11.8 Å². The van der Waals surface area contributed by atoms with Crippen LogP contribution in [0.1, 0.15) is 0 Å². The van der Waals surface area contributed by atoms with Crippen molar-refractivity contribution >= 4 is 28.6 Å². The topological polar surface area (TPSA) is 57.8 Å². The van der Waals surface area contributed by atoms with E-state index in [0.717, 1.165) is 17.8 Å². The summed E-state index contributed by atoms with van der Waals surface area (Å²) in [5, 5.41) is 3.71. The molecule has 0 radical (unpaired) electrons. The summed E-state index contributed by atoms with van der Waals surface area (Å²) in [5.41, 5.74) is 0.621. The molecule has 0 fully saturated rings. The number of anilines is 1. The van der Waals surface area contributed by atoms with Crippen LogP contribution < -0.4 is 10.9 Å². The van der Waals surface area contributed by atoms with E-state index in [9.17, 15) is 4.79 Å². The number of nitrogens with one attached hydrogen (secondary N) is 2. The maximum absolute atomic E-state index is 11.7. The second-order valence-corrected chi connectivity index (χ2v) is 4.34. The molecular formula is C11H13N3OS. The van der Waals surface area contributed by atoms with Crippen molar-refractivity contribution in [3.8, 4) is 0 Å². The molecule has 0 saturated heterocycles. The van der Waals surface area contributed by atoms with Gasteiger partial charge in [-0.05, 0) is 18.4 Å². The first kappa shape index (κ1) is 11.0. The molecule has 0 bridgehead atoms. The largest absolute Gasteiger partial charge is 0.355 e. The van der Waals surface area contributed by atoms with E-state index in [2.05, 4.69) is 15.3 Å². The van der Waals surface area contributed by atoms with E-state index in [0.29, 0.717) is 11.3 Å². The fraction of sp³-hybridized carbons (Fsp3) is 0.273. The van der Waals surface area contributed by atoms with Crippen LogP contribution in [-0.4, -0.2) is 28.5 Å². The zero-order valence-electron chi connectivity index (χ0n) is 8.99. The van der Waals surface area contributed by atoms with E-state index in [-0.39, 0.29) is 5.56 Å². The highest BCUT2D eigenvalue weighted by atomic mass is 32.2. The van der Waals surface area contributed by atoms with Gasteiger partial charge in [0.25, 0.3) is 5.56 Å². The van der Waals surface area contributed by atoms with Crippen LogP contribution in [0.2, 0.25) is 0 Å². The minimum atomic E-state index is -0.0998. The number of thioether (sulfide) groups is 1. The molecule has 1 aromatic heterocycles. The molecule has 1 aromatic carbocycles. The number of H-pyrrole nitrogens is 1. The minimum Gasteiger partial charge on any atom is -0.355 e. The molecule has 0 saturated carbocycles. The number of aromatic nitrogens is 2. The van der Waals surface area contributed by atoms with Gasteiger partial charge in [-0.3, -0.25) is 9.78 Å². The van der Waals surface area contributed by atoms with E-state index in [1.54, 1.807) is 17.8 Å². The summed E-state index contributed by atoms with van der Waals surface area (Å²) in [6.45, 7) is 0.794. The van der Waals surface area contributed by atoms with Crippen LogP contribution in [0.4, 0.5) is 5.95 Å². The van der Waals surface area contributed by atoms with Gasteiger partial charge in [0.05, 0.1) is 10.9 Å². The van der Waals surface area contributed by atoms with Crippen LogP contribution in [0.25, 0.3) is 10.9 Å². The molecule has 0 atom stereocenters. The zero-order chi connectivity index (χ0) is 11.4. The van der Waals surface area contributed by atoms with Crippen molar-refractivity contribution in [2.45, 2.75) is 0 Å². The zero-order valence-corrected chi connectivity index (χ0v) is 9.80. The molecule has 2 rings (SSSR count). The first-order valence-electron chi connectivity index (χ1n) is 5.03. The maximum Gasteiger partial charge on any atom is 0.260 e. The van der Waals surface area contributed by atoms with E-state index in [4.69, 9.17) is 0 Å². The third kappa shape index (κ3) is 2.36. The quantitative estimate of drug-likeness (QED) is 0.792. The number of benzene rings is 1. The monoisotopic (exact) mass is 235 g/mol. The molecule has 2 aromatic rings. The molecule has 0 aliphatic carbocycles. The Morgan fingerprint density at radius 1 is 1.44 bits per heavy atom. The van der Waals surface area contributed by atoms with Gasteiger partial charge in [0.15, 0.2) is 0 Å². The Morgan fingerprint density at radius 2 is 2.25 bits per heavy atom. The Labute approximate surface area is 97.5 Å². The molecule has 0 spiro atoms. The summed E-state index contributed by atoms with van der Waals surface area (Å²) in [5.74, 6) is 1.52. The van der Waals surface area contributed by atoms with Gasteiger partial charge >= 0.3 is 0 Å². The third-order valence-electron chi connectivity index (χ3n) is 2.21. The molecule has 16 heavy (non-hydrogen) atoms. The van der Waals surface area contributed by atoms with Crippen molar-refractivity contribution in [3.05, 3.63) is 34.6 Å². The molecule has 1 heterocycles. The van der Waals surface area contributed by atoms with Gasteiger partial charge in [-0.1, -0.05) is 12.1 Å². The first-order valence-corrected chi connectivity index (χ1v) is 6.42. The molecule has 0 unspecified atom stereocenters. The normalized spacial score (nSPS) is 10.6. The lowest BCUT2D eigenvalue weighted by Gasteiger charge is -2.04. The summed E-state index contributed by atoms with van der Waals surface area (Å²) < 4.78 is 0. The number of hydrogen-bond acceptors (Lipinski definition) is 4. The molecule has 0 amide bonds. The van der Waals surface area contributed by atoms with E-state index in [1.807, 2.05) is 24.5 Å². The predicted octanol–water partition coefficient (Wildman–Crippen LogP) is 1.70. The van der Waals surface area contributed by atoms with Crippen molar-refractivity contribution in [1.29, 1.82) is 0 Å². The number of fused-ring (bicyclic) bond motifs is 1. The van der Waals surface area contributed by atoms with Gasteiger partial charge in [-0.2, -0.15) is 11.8 Å². The Hall–Kier alpha value is -1.49. The maximum atomic E-state index is 11.7. The second-order valence-electron chi connectivity index (χ2n) is 3.35. The molecule has 5 heteroatoms. The van der Waals surface area contributed by atoms with Crippen molar-refractivity contribution in [2.75, 3.05) is 23.9 Å². The molecule has 0 aliphatic rings. The molecule has 4 nitrogen and oxygen atoms in total. The highest BCUT2D eigenvalue weighted by Gasteiger charge is 2.01. The Bertz CT molecular complexity index is 538. The standard InChI is InChI=1S/C11H13N3OS/c1-16-7-6-12-11-13-9-5-3-2-4-8(9)10(15)14-11/h2-5H,6-7H2,1H3,(H2,12,13,14,15). The molecule has 2 N–H and O–H groups in total. The summed E-state index contributed by atoms with van der Waals surface area (Å²) in [4.78, 5) is 18.7. The van der Waals surface area contributed by atoms with Crippen molar-refractivity contribution in [2.24, 2.45) is 0 Å². The van der Waals surface area contributed by atoms with Gasteiger partial charge in [-0.25, -0.2) is 4.98 Å². The highest BCUT2D eigenvalue weighted by Crippen LogP contribution is 2.07. The summed E-state index contributed by atoms with van der Waals surface area (Å²) in [7, 11) is 0. The van der Waals surface area contributed by atoms with Gasteiger partial charge in [0.2, 0.25) is 5.95 Å². The number of aromatic amines is 1. The predicted molar refractivity (Wildman–Crippen MR) is 69.2 cm³/mol. The lowest BCUT2D eigenvalue weighted by Crippen LogP contribution is -2.14. The Morgan fingerprint density at radius 3 is 3.06 bits per heavy atom. The van der Waals surface area contributed by atoms with Gasteiger partial charge in [-0.15, -0.1) is 0 Å². The van der Waals surface area contributed by atoms with Gasteiger partial charge in [0, 0.05) is 12.3 Å². The lowest BCUT2D eigenvalue weighted by molar-refractivity contribution is 1.09. The summed E-state index contributed by atoms with van der Waals surface area (Å²) >= 11 is 1.75. The van der Waals surface area contributed by atoms with Crippen molar-refractivity contribution in [1.82, 2.24) is 9.97 Å². The third-order valence-corrected chi connectivity index (χ3v) is 2.82. The van der Waals surface area contributed by atoms with Crippen LogP contribution in [-0.2, 0) is 0 Å². The van der Waals surface area contributed by atoms with E-state index < -0.39 is 0 Å². The fourth-order valence-corrected chi connectivity index (χ4v) is 1.75. The second kappa shape index (κ2) is 5.03. The first-order chi connectivity index (χ1) is 7.81. The Balaban J connectivity index is 2.31. The highest BCUT2D eigenvalue weighted by molar-refractivity contribution is 7.98. The average molecular weight is 235 g/mol. The molecular weight excluding hydrogens is 222 g/mol. The van der Waals surface area contributed by atoms with Gasteiger partial charge in [0.1, 0.15) is 0 Å². The SMILES string of the molecule is CSCCNc1nc2ccccc2c(=O)[nH]1. The fourth-order valence-electron chi connectivity index (χ4n) is 1.44. The van der Waals surface area contributed by atoms with Crippen molar-refractivity contribution < 1.29 is 0 Å². The van der Waals surface area contributed by atoms with E-state index in [1.165, 1.54) is 0 Å². The molecule has 0 aliphatic heterocycles. The minimum absolute atomic E-state index is 0.0998. The smallest absolute Gasteiger partial charge is 0.260 e. The van der Waals surface area contributed by atoms with E-state index >= 15 is 0 Å². The molecule has 84 valence electrons. The van der Waals surface area contributed by atoms with Crippen LogP contribution in [0.5, 0.6) is 0 Å². The number of hydrogen-bond donors (Lipinski definition) is 2. The number of para-hydroxylation sites is 1. The Kier molecular flexibility index (Phi) is 3.46. The van der Waals surface area contributed by atoms with Crippen LogP contribution in [0.15, 0.2) is 29.1 Å².